The van der Waals surface area contributed by atoms with Gasteiger partial charge in [0.15, 0.2) is 0 Å². The highest BCUT2D eigenvalue weighted by molar-refractivity contribution is 9.10. The van der Waals surface area contributed by atoms with E-state index in [1.807, 2.05) is 6.07 Å². The van der Waals surface area contributed by atoms with E-state index in [0.29, 0.717) is 10.2 Å². The minimum absolute atomic E-state index is 0.156. The number of rotatable bonds is 2. The summed E-state index contributed by atoms with van der Waals surface area (Å²) in [5, 5.41) is 8.71. The molecule has 0 aliphatic heterocycles. The lowest BCUT2D eigenvalue weighted by atomic mass is 10.2. The maximum atomic E-state index is 13.2. The molecule has 0 aromatic heterocycles. The van der Waals surface area contributed by atoms with Gasteiger partial charge in [0.2, 0.25) is 0 Å². The SMILES string of the molecule is N#Cc1cc(F)cc(Oc2ccc(F)cc2Br)c1. The smallest absolute Gasteiger partial charge is 0.141 e. The maximum absolute atomic E-state index is 13.2. The standard InChI is InChI=1S/C13H6BrF2NO/c14-12-6-9(15)1-2-13(12)18-11-4-8(7-17)3-10(16)5-11/h1-6H. The van der Waals surface area contributed by atoms with Gasteiger partial charge < -0.3 is 4.74 Å². The molecule has 0 N–H and O–H groups in total. The van der Waals surface area contributed by atoms with Gasteiger partial charge in [-0.15, -0.1) is 0 Å². The summed E-state index contributed by atoms with van der Waals surface area (Å²) in [4.78, 5) is 0. The monoisotopic (exact) mass is 309 g/mol. The third-order valence-electron chi connectivity index (χ3n) is 2.12. The first-order chi connectivity index (χ1) is 8.58. The highest BCUT2D eigenvalue weighted by Crippen LogP contribution is 2.30. The molecule has 0 spiro atoms. The van der Waals surface area contributed by atoms with Crippen molar-refractivity contribution < 1.29 is 13.5 Å². The van der Waals surface area contributed by atoms with Gasteiger partial charge in [-0.3, -0.25) is 0 Å². The number of nitrogens with zero attached hydrogens (tertiary/aromatic N) is 1. The predicted octanol–water partition coefficient (Wildman–Crippen LogP) is 4.39. The lowest BCUT2D eigenvalue weighted by Gasteiger charge is -2.08. The van der Waals surface area contributed by atoms with Crippen molar-refractivity contribution in [3.63, 3.8) is 0 Å². The summed E-state index contributed by atoms with van der Waals surface area (Å²) in [6.45, 7) is 0. The summed E-state index contributed by atoms with van der Waals surface area (Å²) in [5.41, 5.74) is 0.156. The number of benzene rings is 2. The maximum Gasteiger partial charge on any atom is 0.141 e. The predicted molar refractivity (Wildman–Crippen MR) is 65.3 cm³/mol. The Morgan fingerprint density at radius 1 is 1.06 bits per heavy atom. The molecular weight excluding hydrogens is 304 g/mol. The zero-order valence-electron chi connectivity index (χ0n) is 8.95. The Bertz CT molecular complexity index is 637. The molecule has 0 fully saturated rings. The third kappa shape index (κ3) is 2.84. The van der Waals surface area contributed by atoms with Gasteiger partial charge in [0.25, 0.3) is 0 Å². The van der Waals surface area contributed by atoms with Gasteiger partial charge in [-0.05, 0) is 46.3 Å². The highest BCUT2D eigenvalue weighted by Gasteiger charge is 2.06. The summed E-state index contributed by atoms with van der Waals surface area (Å²) in [7, 11) is 0. The van der Waals surface area contributed by atoms with Gasteiger partial charge in [0.05, 0.1) is 16.1 Å². The average Bonchev–Trinajstić information content (AvgIpc) is 2.32. The molecule has 2 rings (SSSR count). The van der Waals surface area contributed by atoms with Crippen LogP contribution in [0.4, 0.5) is 8.78 Å². The molecule has 2 nitrogen and oxygen atoms in total. The Kier molecular flexibility index (Phi) is 3.58. The second-order valence-corrected chi connectivity index (χ2v) is 4.32. The molecule has 2 aromatic rings. The number of hydrogen-bond acceptors (Lipinski definition) is 2. The Labute approximate surface area is 111 Å². The third-order valence-corrected chi connectivity index (χ3v) is 2.74. The van der Waals surface area contributed by atoms with E-state index < -0.39 is 11.6 Å². The van der Waals surface area contributed by atoms with Crippen LogP contribution in [-0.2, 0) is 0 Å². The van der Waals surface area contributed by atoms with Gasteiger partial charge in [0.1, 0.15) is 23.1 Å². The van der Waals surface area contributed by atoms with Crippen LogP contribution in [0.15, 0.2) is 40.9 Å². The Morgan fingerprint density at radius 3 is 2.50 bits per heavy atom. The Balaban J connectivity index is 2.34. The largest absolute Gasteiger partial charge is 0.456 e. The quantitative estimate of drug-likeness (QED) is 0.824. The lowest BCUT2D eigenvalue weighted by Crippen LogP contribution is -1.89. The summed E-state index contributed by atoms with van der Waals surface area (Å²) in [6, 6.07) is 9.36. The van der Waals surface area contributed by atoms with Crippen LogP contribution in [0.5, 0.6) is 11.5 Å². The van der Waals surface area contributed by atoms with E-state index in [4.69, 9.17) is 10.00 Å². The lowest BCUT2D eigenvalue weighted by molar-refractivity contribution is 0.471. The van der Waals surface area contributed by atoms with Gasteiger partial charge in [-0.25, -0.2) is 8.78 Å². The molecule has 0 amide bonds. The van der Waals surface area contributed by atoms with Crippen molar-refractivity contribution in [3.8, 4) is 17.6 Å². The van der Waals surface area contributed by atoms with Crippen LogP contribution in [0.1, 0.15) is 5.56 Å². The van der Waals surface area contributed by atoms with E-state index in [1.165, 1.54) is 24.3 Å². The molecule has 2 aromatic carbocycles. The normalized spacial score (nSPS) is 9.89. The van der Waals surface area contributed by atoms with Crippen LogP contribution in [0.25, 0.3) is 0 Å². The molecule has 0 aliphatic rings. The molecular formula is C13H6BrF2NO. The van der Waals surface area contributed by atoms with E-state index in [1.54, 1.807) is 0 Å². The first-order valence-corrected chi connectivity index (χ1v) is 5.71. The molecule has 0 atom stereocenters. The average molecular weight is 310 g/mol. The first-order valence-electron chi connectivity index (χ1n) is 4.92. The Morgan fingerprint density at radius 2 is 1.83 bits per heavy atom. The van der Waals surface area contributed by atoms with Crippen LogP contribution in [0.3, 0.4) is 0 Å². The van der Waals surface area contributed by atoms with Crippen molar-refractivity contribution in [3.05, 3.63) is 58.1 Å². The van der Waals surface area contributed by atoms with Gasteiger partial charge in [-0.1, -0.05) is 0 Å². The van der Waals surface area contributed by atoms with Crippen molar-refractivity contribution in [2.45, 2.75) is 0 Å². The number of ether oxygens (including phenoxy) is 1. The van der Waals surface area contributed by atoms with Crippen molar-refractivity contribution in [1.29, 1.82) is 5.26 Å². The minimum atomic E-state index is -0.567. The second kappa shape index (κ2) is 5.15. The molecule has 0 heterocycles. The second-order valence-electron chi connectivity index (χ2n) is 3.46. The van der Waals surface area contributed by atoms with E-state index >= 15 is 0 Å². The first kappa shape index (κ1) is 12.5. The topological polar surface area (TPSA) is 33.0 Å². The molecule has 0 saturated heterocycles. The summed E-state index contributed by atoms with van der Waals surface area (Å²) >= 11 is 3.13. The fourth-order valence-electron chi connectivity index (χ4n) is 1.37. The van der Waals surface area contributed by atoms with Gasteiger partial charge in [-0.2, -0.15) is 5.26 Å². The van der Waals surface area contributed by atoms with Crippen LogP contribution in [-0.4, -0.2) is 0 Å². The van der Waals surface area contributed by atoms with E-state index in [9.17, 15) is 8.78 Å². The van der Waals surface area contributed by atoms with Gasteiger partial charge >= 0.3 is 0 Å². The molecule has 0 radical (unpaired) electrons. The number of nitriles is 1. The Hall–Kier alpha value is -1.93. The summed E-state index contributed by atoms with van der Waals surface area (Å²) in [5.74, 6) is -0.460. The molecule has 5 heteroatoms. The van der Waals surface area contributed by atoms with Crippen molar-refractivity contribution >= 4 is 15.9 Å². The fraction of sp³-hybridized carbons (Fsp3) is 0. The van der Waals surface area contributed by atoms with Crippen molar-refractivity contribution in [2.24, 2.45) is 0 Å². The molecule has 90 valence electrons. The number of hydrogen-bond donors (Lipinski definition) is 0. The van der Waals surface area contributed by atoms with Crippen LogP contribution in [0, 0.1) is 23.0 Å². The highest BCUT2D eigenvalue weighted by atomic mass is 79.9. The summed E-state index contributed by atoms with van der Waals surface area (Å²) < 4.78 is 31.9. The van der Waals surface area contributed by atoms with Crippen molar-refractivity contribution in [1.82, 2.24) is 0 Å². The zero-order chi connectivity index (χ0) is 13.1. The van der Waals surface area contributed by atoms with Crippen LogP contribution >= 0.6 is 15.9 Å². The fourth-order valence-corrected chi connectivity index (χ4v) is 1.80. The molecule has 0 aliphatic carbocycles. The molecule has 18 heavy (non-hydrogen) atoms. The molecule has 0 unspecified atom stereocenters. The van der Waals surface area contributed by atoms with Gasteiger partial charge in [0, 0.05) is 6.07 Å². The summed E-state index contributed by atoms with van der Waals surface area (Å²) in [6.07, 6.45) is 0. The molecule has 0 bridgehead atoms. The molecule has 0 saturated carbocycles. The van der Waals surface area contributed by atoms with E-state index in [2.05, 4.69) is 15.9 Å². The van der Waals surface area contributed by atoms with E-state index in [-0.39, 0.29) is 11.3 Å². The van der Waals surface area contributed by atoms with Crippen molar-refractivity contribution in [2.75, 3.05) is 0 Å². The van der Waals surface area contributed by atoms with E-state index in [0.717, 1.165) is 12.1 Å². The minimum Gasteiger partial charge on any atom is -0.456 e. The zero-order valence-corrected chi connectivity index (χ0v) is 10.5. The van der Waals surface area contributed by atoms with Crippen LogP contribution < -0.4 is 4.74 Å². The van der Waals surface area contributed by atoms with Crippen LogP contribution in [0.2, 0.25) is 0 Å². The number of halogens is 3.